The zero-order valence-corrected chi connectivity index (χ0v) is 14.7. The molecule has 6 nitrogen and oxygen atoms in total. The number of rotatable bonds is 3. The van der Waals surface area contributed by atoms with Crippen molar-refractivity contribution in [2.24, 2.45) is 0 Å². The van der Waals surface area contributed by atoms with Crippen LogP contribution in [0.1, 0.15) is 10.4 Å². The fraction of sp³-hybridized carbons (Fsp3) is 0.188. The number of pyridine rings is 1. The summed E-state index contributed by atoms with van der Waals surface area (Å²) in [5, 5.41) is 5.44. The van der Waals surface area contributed by atoms with Crippen LogP contribution in [0.2, 0.25) is 0 Å². The predicted octanol–water partition coefficient (Wildman–Crippen LogP) is 2.01. The van der Waals surface area contributed by atoms with Crippen molar-refractivity contribution in [2.45, 2.75) is 0 Å². The van der Waals surface area contributed by atoms with E-state index in [0.717, 1.165) is 0 Å². The molecule has 1 aliphatic heterocycles. The number of hydrogen-bond acceptors (Lipinski definition) is 4. The maximum atomic E-state index is 13.3. The van der Waals surface area contributed by atoms with Gasteiger partial charge in [-0.25, -0.2) is 9.37 Å². The monoisotopic (exact) mass is 440 g/mol. The van der Waals surface area contributed by atoms with Crippen LogP contribution < -0.4 is 15.5 Å². The van der Waals surface area contributed by atoms with E-state index in [2.05, 4.69) is 15.6 Å². The average Bonchev–Trinajstić information content (AvgIpc) is 2.57. The molecule has 8 heteroatoms. The van der Waals surface area contributed by atoms with Crippen LogP contribution in [0, 0.1) is 9.39 Å². The third-order valence-electron chi connectivity index (χ3n) is 3.54. The van der Waals surface area contributed by atoms with Crippen molar-refractivity contribution in [2.75, 3.05) is 29.9 Å². The normalized spacial score (nSPS) is 14.2. The number of aromatic nitrogens is 1. The molecule has 124 valence electrons. The van der Waals surface area contributed by atoms with Crippen LogP contribution in [-0.4, -0.2) is 36.4 Å². The fourth-order valence-electron chi connectivity index (χ4n) is 2.35. The van der Waals surface area contributed by atoms with Gasteiger partial charge in [0.25, 0.3) is 5.91 Å². The second-order valence-corrected chi connectivity index (χ2v) is 6.42. The van der Waals surface area contributed by atoms with Crippen molar-refractivity contribution in [1.82, 2.24) is 10.3 Å². The summed E-state index contributed by atoms with van der Waals surface area (Å²) in [6, 6.07) is 7.51. The Morgan fingerprint density at radius 3 is 2.88 bits per heavy atom. The van der Waals surface area contributed by atoms with Crippen LogP contribution in [0.4, 0.5) is 15.9 Å². The SMILES string of the molecule is O=C1CN(c2ccc(NC(=O)c3cc(F)ccc3I)cn2)CCN1. The highest BCUT2D eigenvalue weighted by molar-refractivity contribution is 14.1. The molecule has 0 unspecified atom stereocenters. The van der Waals surface area contributed by atoms with Crippen molar-refractivity contribution in [1.29, 1.82) is 0 Å². The van der Waals surface area contributed by atoms with Crippen LogP contribution >= 0.6 is 22.6 Å². The lowest BCUT2D eigenvalue weighted by Crippen LogP contribution is -2.48. The second kappa shape index (κ2) is 7.12. The maximum absolute atomic E-state index is 13.3. The van der Waals surface area contributed by atoms with Crippen LogP contribution in [0.5, 0.6) is 0 Å². The number of carbonyl (C=O) groups excluding carboxylic acids is 2. The van der Waals surface area contributed by atoms with Gasteiger partial charge in [-0.05, 0) is 52.9 Å². The van der Waals surface area contributed by atoms with E-state index in [9.17, 15) is 14.0 Å². The van der Waals surface area contributed by atoms with Gasteiger partial charge >= 0.3 is 0 Å². The summed E-state index contributed by atoms with van der Waals surface area (Å²) in [5.41, 5.74) is 0.776. The molecule has 2 N–H and O–H groups in total. The van der Waals surface area contributed by atoms with Crippen LogP contribution in [-0.2, 0) is 4.79 Å². The first-order chi connectivity index (χ1) is 11.5. The summed E-state index contributed by atoms with van der Waals surface area (Å²) in [6.07, 6.45) is 1.52. The molecule has 0 bridgehead atoms. The van der Waals surface area contributed by atoms with Gasteiger partial charge < -0.3 is 15.5 Å². The third-order valence-corrected chi connectivity index (χ3v) is 4.48. The molecule has 0 spiro atoms. The van der Waals surface area contributed by atoms with Gasteiger partial charge in [-0.1, -0.05) is 0 Å². The van der Waals surface area contributed by atoms with Gasteiger partial charge in [0.1, 0.15) is 11.6 Å². The number of halogens is 2. The fourth-order valence-corrected chi connectivity index (χ4v) is 2.93. The minimum absolute atomic E-state index is 0.0406. The number of amides is 2. The molecule has 1 saturated heterocycles. The Kier molecular flexibility index (Phi) is 4.93. The molecule has 0 radical (unpaired) electrons. The molecule has 1 aromatic carbocycles. The van der Waals surface area contributed by atoms with Gasteiger partial charge in [0.15, 0.2) is 0 Å². The molecule has 0 saturated carbocycles. The molecular weight excluding hydrogens is 426 g/mol. The first-order valence-electron chi connectivity index (χ1n) is 7.27. The first kappa shape index (κ1) is 16.6. The summed E-state index contributed by atoms with van der Waals surface area (Å²) in [6.45, 7) is 1.53. The van der Waals surface area contributed by atoms with E-state index in [1.165, 1.54) is 18.3 Å². The van der Waals surface area contributed by atoms with Crippen LogP contribution in [0.3, 0.4) is 0 Å². The molecule has 1 aromatic heterocycles. The van der Waals surface area contributed by atoms with E-state index in [-0.39, 0.29) is 18.0 Å². The smallest absolute Gasteiger partial charge is 0.256 e. The Balaban J connectivity index is 1.71. The standard InChI is InChI=1S/C16H14FIN4O2/c17-10-1-3-13(18)12(7-10)16(24)21-11-2-4-14(20-8-11)22-6-5-19-15(23)9-22/h1-4,7-8H,5-6,9H2,(H,19,23)(H,21,24). The molecule has 24 heavy (non-hydrogen) atoms. The Bertz CT molecular complexity index is 782. The van der Waals surface area contributed by atoms with Gasteiger partial charge in [-0.2, -0.15) is 0 Å². The third kappa shape index (κ3) is 3.81. The largest absolute Gasteiger partial charge is 0.353 e. The first-order valence-corrected chi connectivity index (χ1v) is 8.35. The summed E-state index contributed by atoms with van der Waals surface area (Å²) in [7, 11) is 0. The maximum Gasteiger partial charge on any atom is 0.256 e. The molecule has 2 aromatic rings. The van der Waals surface area contributed by atoms with E-state index in [1.54, 1.807) is 18.2 Å². The van der Waals surface area contributed by atoms with Crippen LogP contribution in [0.25, 0.3) is 0 Å². The van der Waals surface area contributed by atoms with Crippen molar-refractivity contribution in [3.05, 3.63) is 51.5 Å². The Morgan fingerprint density at radius 2 is 2.17 bits per heavy atom. The van der Waals surface area contributed by atoms with Crippen molar-refractivity contribution < 1.29 is 14.0 Å². The molecule has 2 heterocycles. The van der Waals surface area contributed by atoms with Crippen molar-refractivity contribution in [3.8, 4) is 0 Å². The highest BCUT2D eigenvalue weighted by atomic mass is 127. The lowest BCUT2D eigenvalue weighted by Gasteiger charge is -2.27. The molecule has 2 amide bonds. The average molecular weight is 440 g/mol. The van der Waals surface area contributed by atoms with Gasteiger partial charge in [-0.3, -0.25) is 9.59 Å². The van der Waals surface area contributed by atoms with E-state index in [0.29, 0.717) is 28.2 Å². The highest BCUT2D eigenvalue weighted by Crippen LogP contribution is 2.18. The van der Waals surface area contributed by atoms with E-state index >= 15 is 0 Å². The summed E-state index contributed by atoms with van der Waals surface area (Å²) < 4.78 is 14.0. The number of hydrogen-bond donors (Lipinski definition) is 2. The number of piperazine rings is 1. The minimum Gasteiger partial charge on any atom is -0.353 e. The minimum atomic E-state index is -0.461. The molecule has 0 aliphatic carbocycles. The number of carbonyl (C=O) groups is 2. The van der Waals surface area contributed by atoms with E-state index in [4.69, 9.17) is 0 Å². The van der Waals surface area contributed by atoms with Crippen molar-refractivity contribution >= 4 is 45.9 Å². The van der Waals surface area contributed by atoms with Gasteiger partial charge in [0, 0.05) is 16.7 Å². The second-order valence-electron chi connectivity index (χ2n) is 5.25. The molecule has 0 atom stereocenters. The number of benzene rings is 1. The molecule has 1 fully saturated rings. The highest BCUT2D eigenvalue weighted by Gasteiger charge is 2.17. The van der Waals surface area contributed by atoms with E-state index < -0.39 is 11.7 Å². The predicted molar refractivity (Wildman–Crippen MR) is 96.5 cm³/mol. The molecular formula is C16H14FIN4O2. The topological polar surface area (TPSA) is 74.3 Å². The Morgan fingerprint density at radius 1 is 1.33 bits per heavy atom. The summed E-state index contributed by atoms with van der Waals surface area (Å²) >= 11 is 1.98. The molecule has 3 rings (SSSR count). The lowest BCUT2D eigenvalue weighted by atomic mass is 10.2. The number of anilines is 2. The van der Waals surface area contributed by atoms with Gasteiger partial charge in [0.05, 0.1) is 24.0 Å². The van der Waals surface area contributed by atoms with Crippen LogP contribution in [0.15, 0.2) is 36.5 Å². The number of nitrogens with one attached hydrogen (secondary N) is 2. The zero-order valence-electron chi connectivity index (χ0n) is 12.6. The van der Waals surface area contributed by atoms with E-state index in [1.807, 2.05) is 27.5 Å². The van der Waals surface area contributed by atoms with Gasteiger partial charge in [0.2, 0.25) is 5.91 Å². The molecule has 1 aliphatic rings. The Labute approximate surface area is 151 Å². The van der Waals surface area contributed by atoms with Crippen molar-refractivity contribution in [3.63, 3.8) is 0 Å². The van der Waals surface area contributed by atoms with Gasteiger partial charge in [-0.15, -0.1) is 0 Å². The Hall–Kier alpha value is -2.23. The summed E-state index contributed by atoms with van der Waals surface area (Å²) in [5.74, 6) is -0.229. The quantitative estimate of drug-likeness (QED) is 0.717. The summed E-state index contributed by atoms with van der Waals surface area (Å²) in [4.78, 5) is 29.8. The zero-order chi connectivity index (χ0) is 17.1. The lowest BCUT2D eigenvalue weighted by molar-refractivity contribution is -0.120. The number of nitrogens with zero attached hydrogens (tertiary/aromatic N) is 2.